The average molecular weight is 263 g/mol. The number of aromatic nitrogens is 1. The molecule has 6 nitrogen and oxygen atoms in total. The Bertz CT molecular complexity index is 462. The van der Waals surface area contributed by atoms with Crippen molar-refractivity contribution in [2.45, 2.75) is 19.4 Å². The van der Waals surface area contributed by atoms with Gasteiger partial charge in [-0.3, -0.25) is 4.90 Å². The van der Waals surface area contributed by atoms with Crippen molar-refractivity contribution in [2.24, 2.45) is 10.9 Å². The van der Waals surface area contributed by atoms with E-state index in [1.807, 2.05) is 6.07 Å². The summed E-state index contributed by atoms with van der Waals surface area (Å²) in [7, 11) is 2.15. The van der Waals surface area contributed by atoms with Crippen molar-refractivity contribution in [3.05, 3.63) is 23.9 Å². The average Bonchev–Trinajstić information content (AvgIpc) is 2.47. The van der Waals surface area contributed by atoms with Gasteiger partial charge in [0, 0.05) is 31.9 Å². The van der Waals surface area contributed by atoms with Crippen LogP contribution in [0, 0.1) is 0 Å². The molecule has 1 saturated heterocycles. The number of rotatable bonds is 3. The van der Waals surface area contributed by atoms with E-state index < -0.39 is 0 Å². The highest BCUT2D eigenvalue weighted by atomic mass is 16.4. The second-order valence-electron chi connectivity index (χ2n) is 4.85. The van der Waals surface area contributed by atoms with Crippen LogP contribution in [-0.2, 0) is 0 Å². The fraction of sp³-hybridized carbons (Fsp3) is 0.538. The van der Waals surface area contributed by atoms with Gasteiger partial charge in [-0.15, -0.1) is 0 Å². The van der Waals surface area contributed by atoms with Gasteiger partial charge in [-0.25, -0.2) is 4.98 Å². The molecule has 0 saturated carbocycles. The van der Waals surface area contributed by atoms with Gasteiger partial charge in [0.2, 0.25) is 0 Å². The Hall–Kier alpha value is -1.82. The summed E-state index contributed by atoms with van der Waals surface area (Å²) < 4.78 is 0. The standard InChI is InChI=1S/C13H21N5O/c1-3-10-9-18(8-7-17(10)2)13-11(12(14)16-19)5-4-6-15-13/h4-6,10,19H,3,7-9H2,1-2H3,(H2,14,16). The number of hydrogen-bond donors (Lipinski definition) is 2. The lowest BCUT2D eigenvalue weighted by Crippen LogP contribution is -2.51. The molecule has 0 aromatic carbocycles. The van der Waals surface area contributed by atoms with Crippen molar-refractivity contribution >= 4 is 11.7 Å². The number of nitrogens with zero attached hydrogens (tertiary/aromatic N) is 4. The molecule has 1 aliphatic heterocycles. The molecular formula is C13H21N5O. The Balaban J connectivity index is 2.27. The molecule has 1 fully saturated rings. The Morgan fingerprint density at radius 2 is 2.37 bits per heavy atom. The van der Waals surface area contributed by atoms with Crippen LogP contribution in [0.4, 0.5) is 5.82 Å². The van der Waals surface area contributed by atoms with Crippen LogP contribution in [0.5, 0.6) is 0 Å². The zero-order chi connectivity index (χ0) is 13.8. The molecular weight excluding hydrogens is 242 g/mol. The van der Waals surface area contributed by atoms with Crippen molar-refractivity contribution in [2.75, 3.05) is 31.6 Å². The quantitative estimate of drug-likeness (QED) is 0.363. The van der Waals surface area contributed by atoms with E-state index in [0.29, 0.717) is 11.6 Å². The summed E-state index contributed by atoms with van der Waals surface area (Å²) in [4.78, 5) is 8.97. The largest absolute Gasteiger partial charge is 0.409 e. The third-order valence-electron chi connectivity index (χ3n) is 3.72. The van der Waals surface area contributed by atoms with Crippen molar-refractivity contribution in [3.8, 4) is 0 Å². The van der Waals surface area contributed by atoms with Crippen LogP contribution in [0.15, 0.2) is 23.5 Å². The molecule has 104 valence electrons. The smallest absolute Gasteiger partial charge is 0.173 e. The van der Waals surface area contributed by atoms with Crippen LogP contribution in [0.1, 0.15) is 18.9 Å². The molecule has 19 heavy (non-hydrogen) atoms. The predicted molar refractivity (Wildman–Crippen MR) is 75.7 cm³/mol. The Labute approximate surface area is 113 Å². The van der Waals surface area contributed by atoms with E-state index in [-0.39, 0.29) is 5.84 Å². The highest BCUT2D eigenvalue weighted by Crippen LogP contribution is 2.21. The Morgan fingerprint density at radius 3 is 3.05 bits per heavy atom. The number of piperazine rings is 1. The SMILES string of the molecule is CCC1CN(c2ncccc2C(N)=NO)CCN1C. The van der Waals surface area contributed by atoms with Crippen LogP contribution < -0.4 is 10.6 Å². The van der Waals surface area contributed by atoms with E-state index >= 15 is 0 Å². The van der Waals surface area contributed by atoms with E-state index in [1.54, 1.807) is 12.3 Å². The molecule has 1 unspecified atom stereocenters. The first kappa shape index (κ1) is 13.6. The maximum Gasteiger partial charge on any atom is 0.173 e. The number of amidine groups is 1. The minimum atomic E-state index is 0.107. The fourth-order valence-electron chi connectivity index (χ4n) is 2.48. The lowest BCUT2D eigenvalue weighted by Gasteiger charge is -2.40. The number of nitrogens with two attached hydrogens (primary N) is 1. The van der Waals surface area contributed by atoms with Crippen LogP contribution >= 0.6 is 0 Å². The molecule has 1 aromatic heterocycles. The fourth-order valence-corrected chi connectivity index (χ4v) is 2.48. The monoisotopic (exact) mass is 263 g/mol. The summed E-state index contributed by atoms with van der Waals surface area (Å²) >= 11 is 0. The molecule has 1 aliphatic rings. The van der Waals surface area contributed by atoms with Crippen molar-refractivity contribution < 1.29 is 5.21 Å². The maximum absolute atomic E-state index is 8.86. The van der Waals surface area contributed by atoms with Crippen molar-refractivity contribution in [3.63, 3.8) is 0 Å². The third-order valence-corrected chi connectivity index (χ3v) is 3.72. The van der Waals surface area contributed by atoms with Crippen LogP contribution in [0.2, 0.25) is 0 Å². The van der Waals surface area contributed by atoms with Gasteiger partial charge in [-0.2, -0.15) is 0 Å². The van der Waals surface area contributed by atoms with Crippen LogP contribution in [-0.4, -0.2) is 53.7 Å². The number of likely N-dealkylation sites (N-methyl/N-ethyl adjacent to an activating group) is 1. The van der Waals surface area contributed by atoms with Gasteiger partial charge in [-0.05, 0) is 25.6 Å². The summed E-state index contributed by atoms with van der Waals surface area (Å²) in [6.07, 6.45) is 2.83. The van der Waals surface area contributed by atoms with Gasteiger partial charge >= 0.3 is 0 Å². The van der Waals surface area contributed by atoms with Gasteiger partial charge < -0.3 is 15.8 Å². The highest BCUT2D eigenvalue weighted by molar-refractivity contribution is 6.01. The van der Waals surface area contributed by atoms with Gasteiger partial charge in [0.1, 0.15) is 5.82 Å². The first-order valence-corrected chi connectivity index (χ1v) is 6.55. The van der Waals surface area contributed by atoms with E-state index in [4.69, 9.17) is 10.9 Å². The topological polar surface area (TPSA) is 78.0 Å². The first-order valence-electron chi connectivity index (χ1n) is 6.55. The molecule has 0 radical (unpaired) electrons. The van der Waals surface area contributed by atoms with E-state index in [1.165, 1.54) is 0 Å². The van der Waals surface area contributed by atoms with E-state index in [9.17, 15) is 0 Å². The first-order chi connectivity index (χ1) is 9.17. The molecule has 2 rings (SSSR count). The minimum absolute atomic E-state index is 0.107. The maximum atomic E-state index is 8.86. The van der Waals surface area contributed by atoms with Gasteiger partial charge in [0.15, 0.2) is 5.84 Å². The van der Waals surface area contributed by atoms with Crippen molar-refractivity contribution in [1.82, 2.24) is 9.88 Å². The summed E-state index contributed by atoms with van der Waals surface area (Å²) in [5, 5.41) is 11.9. The molecule has 6 heteroatoms. The zero-order valence-corrected chi connectivity index (χ0v) is 11.5. The second kappa shape index (κ2) is 5.88. The van der Waals surface area contributed by atoms with Gasteiger partial charge in [-0.1, -0.05) is 12.1 Å². The second-order valence-corrected chi connectivity index (χ2v) is 4.85. The summed E-state index contributed by atoms with van der Waals surface area (Å²) in [6, 6.07) is 4.14. The van der Waals surface area contributed by atoms with E-state index in [2.05, 4.69) is 33.9 Å². The normalized spacial score (nSPS) is 21.7. The minimum Gasteiger partial charge on any atom is -0.409 e. The molecule has 2 heterocycles. The summed E-state index contributed by atoms with van der Waals surface area (Å²) in [5.41, 5.74) is 6.40. The Morgan fingerprint density at radius 1 is 1.58 bits per heavy atom. The molecule has 3 N–H and O–H groups in total. The summed E-state index contributed by atoms with van der Waals surface area (Å²) in [6.45, 7) is 4.99. The van der Waals surface area contributed by atoms with E-state index in [0.717, 1.165) is 31.9 Å². The van der Waals surface area contributed by atoms with Crippen LogP contribution in [0.3, 0.4) is 0 Å². The summed E-state index contributed by atoms with van der Waals surface area (Å²) in [5.74, 6) is 0.902. The number of anilines is 1. The molecule has 1 aromatic rings. The number of hydrogen-bond acceptors (Lipinski definition) is 5. The molecule has 0 aliphatic carbocycles. The predicted octanol–water partition coefficient (Wildman–Crippen LogP) is 0.707. The van der Waals surface area contributed by atoms with Crippen molar-refractivity contribution in [1.29, 1.82) is 0 Å². The van der Waals surface area contributed by atoms with Gasteiger partial charge in [0.25, 0.3) is 0 Å². The molecule has 0 bridgehead atoms. The molecule has 1 atom stereocenters. The lowest BCUT2D eigenvalue weighted by molar-refractivity contribution is 0.213. The number of oxime groups is 1. The highest BCUT2D eigenvalue weighted by Gasteiger charge is 2.25. The van der Waals surface area contributed by atoms with Crippen LogP contribution in [0.25, 0.3) is 0 Å². The van der Waals surface area contributed by atoms with Gasteiger partial charge in [0.05, 0.1) is 5.56 Å². The third kappa shape index (κ3) is 2.78. The zero-order valence-electron chi connectivity index (χ0n) is 11.5. The number of pyridine rings is 1. The molecule has 0 amide bonds. The Kier molecular flexibility index (Phi) is 4.21. The molecule has 0 spiro atoms. The lowest BCUT2D eigenvalue weighted by atomic mass is 10.1.